The molecule has 0 fully saturated rings. The smallest absolute Gasteiger partial charge is 0.144 e. The highest BCUT2D eigenvalue weighted by molar-refractivity contribution is 8.33. The molecule has 10 rings (SSSR count). The van der Waals surface area contributed by atoms with Crippen LogP contribution in [0, 0.1) is 0 Å². The average molecular weight is 622 g/mol. The van der Waals surface area contributed by atoms with Crippen LogP contribution in [0.3, 0.4) is 0 Å². The highest BCUT2D eigenvalue weighted by Gasteiger charge is 2.35. The SMILES string of the molecule is CS1(C)c2cc(N(c3ccccc3)c3cccc4c3ccc3c5ccccc5ccc43)ccc2-c2c1ccc1c2oc2ccccc21. The van der Waals surface area contributed by atoms with Crippen LogP contribution in [-0.4, -0.2) is 12.5 Å². The molecule has 0 unspecified atom stereocenters. The molecule has 3 heteroatoms. The van der Waals surface area contributed by atoms with E-state index >= 15 is 0 Å². The maximum atomic E-state index is 6.57. The maximum Gasteiger partial charge on any atom is 0.144 e. The van der Waals surface area contributed by atoms with Crippen LogP contribution in [0.2, 0.25) is 0 Å². The number of anilines is 3. The molecule has 0 aliphatic carbocycles. The highest BCUT2D eigenvalue weighted by Crippen LogP contribution is 2.69. The van der Waals surface area contributed by atoms with E-state index in [0.29, 0.717) is 0 Å². The van der Waals surface area contributed by atoms with Gasteiger partial charge in [0.25, 0.3) is 0 Å². The second-order valence-electron chi connectivity index (χ2n) is 12.9. The number of hydrogen-bond donors (Lipinski definition) is 0. The highest BCUT2D eigenvalue weighted by atomic mass is 32.3. The molecule has 0 saturated heterocycles. The molecule has 0 amide bonds. The molecule has 0 radical (unpaired) electrons. The predicted octanol–water partition coefficient (Wildman–Crippen LogP) is 13.0. The third-order valence-corrected chi connectivity index (χ3v) is 13.0. The first kappa shape index (κ1) is 26.7. The molecule has 1 aliphatic rings. The third kappa shape index (κ3) is 3.75. The minimum Gasteiger partial charge on any atom is -0.455 e. The molecule has 0 bridgehead atoms. The second-order valence-corrected chi connectivity index (χ2v) is 16.4. The van der Waals surface area contributed by atoms with Crippen LogP contribution in [0.25, 0.3) is 65.4 Å². The van der Waals surface area contributed by atoms with Crippen molar-refractivity contribution in [1.29, 1.82) is 0 Å². The molecule has 2 heterocycles. The zero-order valence-electron chi connectivity index (χ0n) is 26.2. The summed E-state index contributed by atoms with van der Waals surface area (Å²) >= 11 is 0. The van der Waals surface area contributed by atoms with Gasteiger partial charge in [-0.05, 0) is 93.5 Å². The third-order valence-electron chi connectivity index (χ3n) is 10.1. The number of para-hydroxylation sites is 2. The molecule has 0 atom stereocenters. The van der Waals surface area contributed by atoms with E-state index in [4.69, 9.17) is 4.42 Å². The van der Waals surface area contributed by atoms with Crippen LogP contribution in [0.5, 0.6) is 0 Å². The van der Waals surface area contributed by atoms with E-state index in [1.807, 2.05) is 0 Å². The van der Waals surface area contributed by atoms with Crippen molar-refractivity contribution in [2.75, 3.05) is 17.4 Å². The Morgan fingerprint density at radius 2 is 1.15 bits per heavy atom. The summed E-state index contributed by atoms with van der Waals surface area (Å²) in [7, 11) is -1.29. The molecule has 8 aromatic carbocycles. The van der Waals surface area contributed by atoms with Gasteiger partial charge >= 0.3 is 0 Å². The Hall–Kier alpha value is -5.51. The minimum absolute atomic E-state index is 0.945. The quantitative estimate of drug-likeness (QED) is 0.183. The summed E-state index contributed by atoms with van der Waals surface area (Å²) in [6.45, 7) is 0. The lowest BCUT2D eigenvalue weighted by Crippen LogP contribution is -2.11. The van der Waals surface area contributed by atoms with E-state index < -0.39 is 10.0 Å². The van der Waals surface area contributed by atoms with Gasteiger partial charge in [0, 0.05) is 42.9 Å². The van der Waals surface area contributed by atoms with Gasteiger partial charge in [0.1, 0.15) is 11.2 Å². The van der Waals surface area contributed by atoms with Gasteiger partial charge in [0.2, 0.25) is 0 Å². The fraction of sp³-hybridized carbons (Fsp3) is 0.0455. The summed E-state index contributed by atoms with van der Waals surface area (Å²) in [4.78, 5) is 5.23. The molecule has 1 aromatic heterocycles. The number of nitrogens with zero attached hydrogens (tertiary/aromatic N) is 1. The molecule has 0 saturated carbocycles. The van der Waals surface area contributed by atoms with Crippen molar-refractivity contribution in [2.45, 2.75) is 9.79 Å². The lowest BCUT2D eigenvalue weighted by molar-refractivity contribution is 0.669. The summed E-state index contributed by atoms with van der Waals surface area (Å²) in [5.41, 5.74) is 7.97. The Morgan fingerprint density at radius 1 is 0.468 bits per heavy atom. The summed E-state index contributed by atoms with van der Waals surface area (Å²) in [5.74, 6) is 0. The number of fused-ring (bicyclic) bond motifs is 12. The van der Waals surface area contributed by atoms with Gasteiger partial charge in [-0.1, -0.05) is 103 Å². The van der Waals surface area contributed by atoms with Gasteiger partial charge in [0.05, 0.1) is 5.69 Å². The summed E-state index contributed by atoms with van der Waals surface area (Å²) in [5, 5.41) is 9.99. The fourth-order valence-electron chi connectivity index (χ4n) is 7.89. The fourth-order valence-corrected chi connectivity index (χ4v) is 10.4. The number of rotatable bonds is 3. The van der Waals surface area contributed by atoms with Crippen molar-refractivity contribution in [1.82, 2.24) is 0 Å². The monoisotopic (exact) mass is 621 g/mol. The van der Waals surface area contributed by atoms with Gasteiger partial charge < -0.3 is 9.32 Å². The van der Waals surface area contributed by atoms with E-state index in [0.717, 1.165) is 22.5 Å². The lowest BCUT2D eigenvalue weighted by atomic mass is 9.96. The molecule has 9 aromatic rings. The van der Waals surface area contributed by atoms with E-state index in [2.05, 4.69) is 169 Å². The summed E-state index contributed by atoms with van der Waals surface area (Å²) in [6, 6.07) is 55.4. The van der Waals surface area contributed by atoms with Gasteiger partial charge in [0.15, 0.2) is 0 Å². The van der Waals surface area contributed by atoms with Gasteiger partial charge in [-0.2, -0.15) is 10.0 Å². The number of hydrogen-bond acceptors (Lipinski definition) is 2. The Morgan fingerprint density at radius 3 is 2.04 bits per heavy atom. The number of furan rings is 1. The van der Waals surface area contributed by atoms with Crippen molar-refractivity contribution in [3.8, 4) is 11.1 Å². The molecular formula is C44H31NOS. The standard InChI is InChI=1S/C44H31NOS/c1-47(2)41-26-25-37-36-15-8-9-18-40(36)46-44(37)43(41)38-22-20-30(27-42(38)47)45(29-12-4-3-5-13-29)39-17-10-16-32-34-21-19-28-11-6-7-14-31(28)33(34)23-24-35(32)39/h3-27H,1-2H3. The molecule has 1 aliphatic heterocycles. The lowest BCUT2D eigenvalue weighted by Gasteiger charge is -2.31. The number of benzene rings is 8. The molecule has 0 spiro atoms. The largest absolute Gasteiger partial charge is 0.455 e. The first-order valence-electron chi connectivity index (χ1n) is 16.1. The van der Waals surface area contributed by atoms with Crippen LogP contribution in [-0.2, 0) is 0 Å². The van der Waals surface area contributed by atoms with Gasteiger partial charge in [-0.25, -0.2) is 0 Å². The van der Waals surface area contributed by atoms with E-state index in [-0.39, 0.29) is 0 Å². The zero-order valence-corrected chi connectivity index (χ0v) is 27.0. The van der Waals surface area contributed by atoms with Crippen LogP contribution in [0.1, 0.15) is 0 Å². The molecule has 2 nitrogen and oxygen atoms in total. The van der Waals surface area contributed by atoms with Crippen LogP contribution in [0.15, 0.2) is 166 Å². The van der Waals surface area contributed by atoms with Gasteiger partial charge in [-0.15, -0.1) is 0 Å². The van der Waals surface area contributed by atoms with Crippen LogP contribution in [0.4, 0.5) is 17.1 Å². The molecular weight excluding hydrogens is 591 g/mol. The predicted molar refractivity (Wildman–Crippen MR) is 202 cm³/mol. The van der Waals surface area contributed by atoms with Crippen molar-refractivity contribution in [3.63, 3.8) is 0 Å². The minimum atomic E-state index is -1.29. The second kappa shape index (κ2) is 9.75. The summed E-state index contributed by atoms with van der Waals surface area (Å²) < 4.78 is 6.57. The van der Waals surface area contributed by atoms with E-state index in [9.17, 15) is 0 Å². The zero-order chi connectivity index (χ0) is 31.3. The Kier molecular flexibility index (Phi) is 5.53. The van der Waals surface area contributed by atoms with Crippen molar-refractivity contribution in [3.05, 3.63) is 152 Å². The Balaban J connectivity index is 1.20. The normalized spacial score (nSPS) is 14.2. The molecule has 0 N–H and O–H groups in total. The van der Waals surface area contributed by atoms with Gasteiger partial charge in [-0.3, -0.25) is 0 Å². The first-order valence-corrected chi connectivity index (χ1v) is 18.5. The van der Waals surface area contributed by atoms with E-state index in [1.165, 1.54) is 69.7 Å². The van der Waals surface area contributed by atoms with Crippen molar-refractivity contribution in [2.24, 2.45) is 0 Å². The first-order chi connectivity index (χ1) is 23.1. The van der Waals surface area contributed by atoms with Crippen LogP contribution >= 0.6 is 10.0 Å². The van der Waals surface area contributed by atoms with E-state index in [1.54, 1.807) is 0 Å². The topological polar surface area (TPSA) is 16.4 Å². The van der Waals surface area contributed by atoms with Crippen molar-refractivity contribution < 1.29 is 4.42 Å². The molecule has 224 valence electrons. The van der Waals surface area contributed by atoms with Crippen LogP contribution < -0.4 is 4.90 Å². The summed E-state index contributed by atoms with van der Waals surface area (Å²) in [6.07, 6.45) is 4.86. The van der Waals surface area contributed by atoms with Crippen molar-refractivity contribution >= 4 is 81.3 Å². The maximum absolute atomic E-state index is 6.57. The molecule has 47 heavy (non-hydrogen) atoms. The Bertz CT molecular complexity index is 2720. The Labute approximate surface area is 274 Å². The average Bonchev–Trinajstić information content (AvgIpc) is 3.61.